The standard InChI is InChI=1S/C14H13N5O2.C3H7N/c20-14(21)8-3-6-19(7-8)10-2-5-16-13-11(10)9-1-4-15-12(9)17-18-13;4-3-1-2-3/h1-2,4-5,8H,3,6-7H2,(H,15,17)(H,20,21);3H,1-2,4H2. The predicted octanol–water partition coefficient (Wildman–Crippen LogP) is 1.52. The van der Waals surface area contributed by atoms with E-state index in [0.29, 0.717) is 30.3 Å². The van der Waals surface area contributed by atoms with E-state index in [1.54, 1.807) is 6.20 Å². The van der Waals surface area contributed by atoms with Crippen molar-refractivity contribution in [2.45, 2.75) is 25.3 Å². The summed E-state index contributed by atoms with van der Waals surface area (Å²) in [4.78, 5) is 20.6. The van der Waals surface area contributed by atoms with Gasteiger partial charge in [-0.05, 0) is 31.4 Å². The van der Waals surface area contributed by atoms with Crippen molar-refractivity contribution >= 4 is 33.7 Å². The van der Waals surface area contributed by atoms with Crippen molar-refractivity contribution in [2.75, 3.05) is 18.0 Å². The number of nitrogens with zero attached hydrogens (tertiary/aromatic N) is 4. The molecule has 4 heterocycles. The number of hydrogen-bond acceptors (Lipinski definition) is 6. The first-order valence-electron chi connectivity index (χ1n) is 8.45. The van der Waals surface area contributed by atoms with E-state index in [-0.39, 0.29) is 5.92 Å². The van der Waals surface area contributed by atoms with Crippen molar-refractivity contribution in [3.05, 3.63) is 24.5 Å². The third-order valence-corrected chi connectivity index (χ3v) is 4.65. The number of fused-ring (bicyclic) bond motifs is 3. The van der Waals surface area contributed by atoms with Gasteiger partial charge in [0.15, 0.2) is 11.3 Å². The normalized spacial score (nSPS) is 19.9. The minimum Gasteiger partial charge on any atom is -0.481 e. The molecule has 8 heteroatoms. The summed E-state index contributed by atoms with van der Waals surface area (Å²) in [7, 11) is 0. The molecule has 3 aromatic heterocycles. The zero-order chi connectivity index (χ0) is 17.4. The summed E-state index contributed by atoms with van der Waals surface area (Å²) in [6.45, 7) is 1.24. The molecule has 0 bridgehead atoms. The van der Waals surface area contributed by atoms with Crippen molar-refractivity contribution in [3.63, 3.8) is 0 Å². The summed E-state index contributed by atoms with van der Waals surface area (Å²) in [5.74, 6) is -1.05. The molecule has 1 saturated carbocycles. The minimum atomic E-state index is -0.734. The van der Waals surface area contributed by atoms with Crippen molar-refractivity contribution in [3.8, 4) is 0 Å². The number of nitrogens with two attached hydrogens (primary N) is 1. The molecule has 1 atom stereocenters. The lowest BCUT2D eigenvalue weighted by Gasteiger charge is -2.19. The maximum Gasteiger partial charge on any atom is 0.308 e. The van der Waals surface area contributed by atoms with Crippen molar-refractivity contribution < 1.29 is 9.90 Å². The maximum atomic E-state index is 11.1. The molecule has 8 nitrogen and oxygen atoms in total. The van der Waals surface area contributed by atoms with Gasteiger partial charge >= 0.3 is 5.97 Å². The van der Waals surface area contributed by atoms with Crippen LogP contribution in [0.2, 0.25) is 0 Å². The summed E-state index contributed by atoms with van der Waals surface area (Å²) >= 11 is 0. The average molecular weight is 340 g/mol. The molecule has 130 valence electrons. The highest BCUT2D eigenvalue weighted by molar-refractivity contribution is 6.08. The van der Waals surface area contributed by atoms with E-state index in [4.69, 9.17) is 10.8 Å². The van der Waals surface area contributed by atoms with Gasteiger partial charge < -0.3 is 20.7 Å². The molecule has 5 rings (SSSR count). The Labute approximate surface area is 144 Å². The first kappa shape index (κ1) is 15.8. The lowest BCUT2D eigenvalue weighted by Crippen LogP contribution is -2.23. The number of aliphatic carboxylic acids is 1. The van der Waals surface area contributed by atoms with Crippen LogP contribution in [0.3, 0.4) is 0 Å². The number of aromatic nitrogens is 4. The highest BCUT2D eigenvalue weighted by Gasteiger charge is 2.29. The average Bonchev–Trinajstić information content (AvgIpc) is 3.08. The van der Waals surface area contributed by atoms with Gasteiger partial charge in [0.2, 0.25) is 0 Å². The highest BCUT2D eigenvalue weighted by atomic mass is 16.4. The zero-order valence-corrected chi connectivity index (χ0v) is 13.7. The fourth-order valence-electron chi connectivity index (χ4n) is 3.06. The van der Waals surface area contributed by atoms with Gasteiger partial charge in [-0.1, -0.05) is 0 Å². The van der Waals surface area contributed by atoms with Crippen LogP contribution in [0.4, 0.5) is 5.69 Å². The molecule has 25 heavy (non-hydrogen) atoms. The second kappa shape index (κ2) is 6.29. The van der Waals surface area contributed by atoms with Gasteiger partial charge in [-0.15, -0.1) is 10.2 Å². The van der Waals surface area contributed by atoms with Crippen LogP contribution in [0.15, 0.2) is 24.5 Å². The number of carboxylic acid groups (broad SMARTS) is 1. The van der Waals surface area contributed by atoms with E-state index in [9.17, 15) is 4.79 Å². The highest BCUT2D eigenvalue weighted by Crippen LogP contribution is 2.33. The molecule has 3 aromatic rings. The Morgan fingerprint density at radius 1 is 1.28 bits per heavy atom. The molecule has 2 fully saturated rings. The van der Waals surface area contributed by atoms with E-state index >= 15 is 0 Å². The fourth-order valence-corrected chi connectivity index (χ4v) is 3.06. The van der Waals surface area contributed by atoms with E-state index in [1.807, 2.05) is 18.3 Å². The monoisotopic (exact) mass is 340 g/mol. The summed E-state index contributed by atoms with van der Waals surface area (Å²) in [5, 5.41) is 19.3. The number of hydrogen-bond donors (Lipinski definition) is 3. The van der Waals surface area contributed by atoms with E-state index < -0.39 is 5.97 Å². The number of pyridine rings is 1. The van der Waals surface area contributed by atoms with Crippen molar-refractivity contribution in [1.29, 1.82) is 0 Å². The first-order valence-corrected chi connectivity index (χ1v) is 8.45. The van der Waals surface area contributed by atoms with Gasteiger partial charge in [0, 0.05) is 36.9 Å². The molecule has 0 spiro atoms. The van der Waals surface area contributed by atoms with Gasteiger partial charge in [-0.3, -0.25) is 4.79 Å². The van der Waals surface area contributed by atoms with Gasteiger partial charge in [0.25, 0.3) is 0 Å². The Bertz CT molecular complexity index is 920. The van der Waals surface area contributed by atoms with Crippen molar-refractivity contribution in [2.24, 2.45) is 11.7 Å². The molecule has 1 unspecified atom stereocenters. The van der Waals surface area contributed by atoms with Crippen molar-refractivity contribution in [1.82, 2.24) is 20.2 Å². The molecule has 0 aromatic carbocycles. The SMILES string of the molecule is NC1CC1.O=C(O)C1CCN(c2ccnc3nnc4[nH]ccc4c23)C1. The van der Waals surface area contributed by atoms with E-state index in [1.165, 1.54) is 12.8 Å². The molecule has 0 radical (unpaired) electrons. The molecular weight excluding hydrogens is 320 g/mol. The summed E-state index contributed by atoms with van der Waals surface area (Å²) < 4.78 is 0. The number of carbonyl (C=O) groups is 1. The topological polar surface area (TPSA) is 121 Å². The number of carboxylic acids is 1. The first-order chi connectivity index (χ1) is 12.1. The van der Waals surface area contributed by atoms with Crippen LogP contribution in [-0.4, -0.2) is 50.4 Å². The second-order valence-corrected chi connectivity index (χ2v) is 6.58. The molecule has 0 amide bonds. The van der Waals surface area contributed by atoms with Crippen LogP contribution in [0.1, 0.15) is 19.3 Å². The number of H-pyrrole nitrogens is 1. The summed E-state index contributed by atoms with van der Waals surface area (Å²) in [5.41, 5.74) is 7.49. The lowest BCUT2D eigenvalue weighted by atomic mass is 10.1. The molecule has 1 saturated heterocycles. The van der Waals surface area contributed by atoms with Gasteiger partial charge in [-0.25, -0.2) is 4.98 Å². The Hall–Kier alpha value is -2.74. The predicted molar refractivity (Wildman–Crippen MR) is 94.4 cm³/mol. The zero-order valence-electron chi connectivity index (χ0n) is 13.7. The lowest BCUT2D eigenvalue weighted by molar-refractivity contribution is -0.140. The molecule has 2 aliphatic rings. The second-order valence-electron chi connectivity index (χ2n) is 6.58. The molecule has 4 N–H and O–H groups in total. The number of aromatic amines is 1. The van der Waals surface area contributed by atoms with Gasteiger partial charge in [0.1, 0.15) is 0 Å². The summed E-state index contributed by atoms with van der Waals surface area (Å²) in [6, 6.07) is 4.45. The van der Waals surface area contributed by atoms with Crippen LogP contribution >= 0.6 is 0 Å². The smallest absolute Gasteiger partial charge is 0.308 e. The molecule has 1 aliphatic heterocycles. The Morgan fingerprint density at radius 2 is 2.08 bits per heavy atom. The van der Waals surface area contributed by atoms with Crippen LogP contribution < -0.4 is 10.6 Å². The quantitative estimate of drug-likeness (QED) is 0.646. The number of rotatable bonds is 2. The van der Waals surface area contributed by atoms with E-state index in [2.05, 4.69) is 25.1 Å². The van der Waals surface area contributed by atoms with Crippen LogP contribution in [0, 0.1) is 5.92 Å². The third-order valence-electron chi connectivity index (χ3n) is 4.65. The van der Waals surface area contributed by atoms with Crippen LogP contribution in [0.25, 0.3) is 22.1 Å². The maximum absolute atomic E-state index is 11.1. The number of anilines is 1. The number of nitrogens with one attached hydrogen (secondary N) is 1. The van der Waals surface area contributed by atoms with Gasteiger partial charge in [-0.2, -0.15) is 0 Å². The van der Waals surface area contributed by atoms with Gasteiger partial charge in [0.05, 0.1) is 17.0 Å². The van der Waals surface area contributed by atoms with Crippen LogP contribution in [0.5, 0.6) is 0 Å². The van der Waals surface area contributed by atoms with Crippen LogP contribution in [-0.2, 0) is 4.79 Å². The molecular formula is C17H20N6O2. The van der Waals surface area contributed by atoms with E-state index in [0.717, 1.165) is 23.0 Å². The summed E-state index contributed by atoms with van der Waals surface area (Å²) in [6.07, 6.45) is 6.70. The Morgan fingerprint density at radius 3 is 2.76 bits per heavy atom. The third kappa shape index (κ3) is 3.12. The molecule has 1 aliphatic carbocycles. The minimum absolute atomic E-state index is 0.315. The Kier molecular flexibility index (Phi) is 3.96. The Balaban J connectivity index is 0.000000347. The fraction of sp³-hybridized carbons (Fsp3) is 0.412. The largest absolute Gasteiger partial charge is 0.481 e.